The molecule has 14 heavy (non-hydrogen) atoms. The molecule has 82 valence electrons. The smallest absolute Gasteiger partial charge is 0.0990 e. The van der Waals surface area contributed by atoms with E-state index in [9.17, 15) is 0 Å². The van der Waals surface area contributed by atoms with Gasteiger partial charge in [0.15, 0.2) is 0 Å². The highest BCUT2D eigenvalue weighted by atomic mass is 16.3. The van der Waals surface area contributed by atoms with Crippen molar-refractivity contribution in [3.8, 4) is 0 Å². The molecule has 2 nitrogen and oxygen atoms in total. The second-order valence-corrected chi connectivity index (χ2v) is 4.75. The molecule has 0 aromatic carbocycles. The third kappa shape index (κ3) is 3.10. The van der Waals surface area contributed by atoms with Crippen molar-refractivity contribution in [1.82, 2.24) is 0 Å². The first-order valence-corrected chi connectivity index (χ1v) is 5.75. The second kappa shape index (κ2) is 5.52. The molecule has 0 unspecified atom stereocenters. The summed E-state index contributed by atoms with van der Waals surface area (Å²) < 4.78 is 0. The number of aliphatic hydroxyl groups is 1. The van der Waals surface area contributed by atoms with E-state index in [1.807, 2.05) is 0 Å². The highest BCUT2D eigenvalue weighted by Gasteiger charge is 2.27. The highest BCUT2D eigenvalue weighted by Crippen LogP contribution is 2.32. The normalized spacial score (nSPS) is 32.9. The Morgan fingerprint density at radius 1 is 1.50 bits per heavy atom. The minimum atomic E-state index is 0.296. The molecule has 3 N–H and O–H groups in total. The maximum Gasteiger partial charge on any atom is 0.0990 e. The van der Waals surface area contributed by atoms with E-state index in [0.29, 0.717) is 12.5 Å². The van der Waals surface area contributed by atoms with Gasteiger partial charge in [0, 0.05) is 5.92 Å². The van der Waals surface area contributed by atoms with Crippen LogP contribution >= 0.6 is 0 Å². The monoisotopic (exact) mass is 198 g/mol. The number of nitrogens with two attached hydrogens (primary N) is 1. The van der Waals surface area contributed by atoms with Crippen molar-refractivity contribution in [3.63, 3.8) is 0 Å². The van der Waals surface area contributed by atoms with E-state index in [1.165, 1.54) is 6.42 Å². The molecule has 0 bridgehead atoms. The van der Waals surface area contributed by atoms with Gasteiger partial charge in [-0.05, 0) is 25.2 Å². The van der Waals surface area contributed by atoms with Crippen LogP contribution in [0.1, 0.15) is 27.2 Å². The van der Waals surface area contributed by atoms with E-state index in [4.69, 9.17) is 5.11 Å². The Balaban J connectivity index is 2.43. The summed E-state index contributed by atoms with van der Waals surface area (Å²) in [4.78, 5) is 0. The van der Waals surface area contributed by atoms with E-state index in [1.54, 1.807) is 5.57 Å². The van der Waals surface area contributed by atoms with Crippen molar-refractivity contribution in [2.75, 3.05) is 19.7 Å². The Labute approximate surface area is 87.4 Å². The van der Waals surface area contributed by atoms with Gasteiger partial charge in [0.1, 0.15) is 0 Å². The van der Waals surface area contributed by atoms with Crippen LogP contribution in [0.4, 0.5) is 0 Å². The maximum atomic E-state index is 8.73. The Bertz CT molecular complexity index is 200. The summed E-state index contributed by atoms with van der Waals surface area (Å²) in [5.74, 6) is 2.28. The van der Waals surface area contributed by atoms with Gasteiger partial charge in [-0.15, -0.1) is 0 Å². The van der Waals surface area contributed by atoms with Crippen LogP contribution in [-0.4, -0.2) is 24.8 Å². The van der Waals surface area contributed by atoms with E-state index >= 15 is 0 Å². The largest absolute Gasteiger partial charge is 0.391 e. The first kappa shape index (κ1) is 11.7. The molecule has 0 fully saturated rings. The van der Waals surface area contributed by atoms with Crippen LogP contribution in [0.2, 0.25) is 0 Å². The lowest BCUT2D eigenvalue weighted by atomic mass is 9.75. The minimum absolute atomic E-state index is 0.296. The molecule has 0 radical (unpaired) electrons. The molecule has 0 aromatic rings. The summed E-state index contributed by atoms with van der Waals surface area (Å²) in [5, 5.41) is 11.0. The zero-order chi connectivity index (χ0) is 10.6. The molecule has 0 spiro atoms. The summed E-state index contributed by atoms with van der Waals surface area (Å²) >= 11 is 0. The van der Waals surface area contributed by atoms with Crippen LogP contribution in [0.5, 0.6) is 0 Å². The summed E-state index contributed by atoms with van der Waals surface area (Å²) in [6.07, 6.45) is 3.67. The Morgan fingerprint density at radius 3 is 2.79 bits per heavy atom. The molecular weight excluding hydrogens is 174 g/mol. The Hall–Kier alpha value is -0.340. The quantitative estimate of drug-likeness (QED) is 0.508. The molecule has 0 saturated heterocycles. The first-order valence-electron chi connectivity index (χ1n) is 5.75. The number of rotatable bonds is 4. The van der Waals surface area contributed by atoms with Gasteiger partial charge in [-0.1, -0.05) is 25.5 Å². The molecule has 2 heteroatoms. The van der Waals surface area contributed by atoms with Crippen LogP contribution in [-0.2, 0) is 0 Å². The summed E-state index contributed by atoms with van der Waals surface area (Å²) in [6, 6.07) is 0. The van der Waals surface area contributed by atoms with Crippen molar-refractivity contribution in [1.29, 1.82) is 0 Å². The zero-order valence-corrected chi connectivity index (χ0v) is 9.66. The van der Waals surface area contributed by atoms with Gasteiger partial charge in [-0.25, -0.2) is 0 Å². The van der Waals surface area contributed by atoms with E-state index < -0.39 is 0 Å². The molecule has 1 rings (SSSR count). The number of allylic oxidation sites excluding steroid dienone is 2. The van der Waals surface area contributed by atoms with E-state index in [2.05, 4.69) is 32.2 Å². The lowest BCUT2D eigenvalue weighted by molar-refractivity contribution is -0.663. The van der Waals surface area contributed by atoms with Crippen molar-refractivity contribution in [3.05, 3.63) is 11.6 Å². The van der Waals surface area contributed by atoms with Crippen molar-refractivity contribution in [2.45, 2.75) is 27.2 Å². The van der Waals surface area contributed by atoms with Gasteiger partial charge < -0.3 is 10.4 Å². The molecule has 1 aliphatic rings. The van der Waals surface area contributed by atoms with E-state index in [-0.39, 0.29) is 0 Å². The number of aliphatic hydroxyl groups excluding tert-OH is 1. The lowest BCUT2D eigenvalue weighted by Crippen LogP contribution is -2.87. The maximum absolute atomic E-state index is 8.73. The number of quaternary nitrogens is 1. The topological polar surface area (TPSA) is 36.8 Å². The van der Waals surface area contributed by atoms with Gasteiger partial charge in [-0.2, -0.15) is 0 Å². The van der Waals surface area contributed by atoms with Crippen molar-refractivity contribution < 1.29 is 10.4 Å². The molecule has 0 amide bonds. The van der Waals surface area contributed by atoms with Crippen LogP contribution < -0.4 is 5.32 Å². The Kier molecular flexibility index (Phi) is 4.63. The van der Waals surface area contributed by atoms with Gasteiger partial charge in [0.05, 0.1) is 19.7 Å². The lowest BCUT2D eigenvalue weighted by Gasteiger charge is -2.31. The van der Waals surface area contributed by atoms with Crippen LogP contribution in [0.15, 0.2) is 11.6 Å². The molecule has 0 aromatic heterocycles. The van der Waals surface area contributed by atoms with Gasteiger partial charge in [-0.3, -0.25) is 0 Å². The average molecular weight is 198 g/mol. The minimum Gasteiger partial charge on any atom is -0.391 e. The summed E-state index contributed by atoms with van der Waals surface area (Å²) in [5.41, 5.74) is 1.54. The van der Waals surface area contributed by atoms with E-state index in [0.717, 1.165) is 24.9 Å². The number of hydrogen-bond acceptors (Lipinski definition) is 1. The molecule has 3 atom stereocenters. The van der Waals surface area contributed by atoms with Crippen LogP contribution in [0.25, 0.3) is 0 Å². The summed E-state index contributed by atoms with van der Waals surface area (Å²) in [6.45, 7) is 9.21. The first-order chi connectivity index (χ1) is 6.65. The fraction of sp³-hybridized carbons (Fsp3) is 0.833. The molecule has 0 saturated carbocycles. The van der Waals surface area contributed by atoms with Crippen molar-refractivity contribution in [2.24, 2.45) is 17.8 Å². The summed E-state index contributed by atoms with van der Waals surface area (Å²) in [7, 11) is 0. The Morgan fingerprint density at radius 2 is 2.21 bits per heavy atom. The average Bonchev–Trinajstić information content (AvgIpc) is 2.09. The third-order valence-corrected chi connectivity index (χ3v) is 3.37. The molecule has 1 aliphatic carbocycles. The zero-order valence-electron chi connectivity index (χ0n) is 9.66. The SMILES string of the molecule is CC1=C[C@@H](C)[C@H](C[NH2+]CCO)[C@@H](C)C1. The fourth-order valence-electron chi connectivity index (χ4n) is 2.67. The van der Waals surface area contributed by atoms with Crippen LogP contribution in [0.3, 0.4) is 0 Å². The fourth-order valence-corrected chi connectivity index (χ4v) is 2.67. The standard InChI is InChI=1S/C12H23NO/c1-9-6-10(2)12(11(3)7-9)8-13-4-5-14/h6,10-14H,4-5,7-8H2,1-3H3/p+1/t10-,11+,12+/m1/s1. The van der Waals surface area contributed by atoms with Gasteiger partial charge >= 0.3 is 0 Å². The predicted octanol–water partition coefficient (Wildman–Crippen LogP) is 0.780. The molecular formula is C12H24NO+. The predicted molar refractivity (Wildman–Crippen MR) is 58.9 cm³/mol. The molecule has 0 heterocycles. The van der Waals surface area contributed by atoms with Gasteiger partial charge in [0.2, 0.25) is 0 Å². The number of hydrogen-bond donors (Lipinski definition) is 2. The third-order valence-electron chi connectivity index (χ3n) is 3.37. The molecule has 0 aliphatic heterocycles. The van der Waals surface area contributed by atoms with Crippen molar-refractivity contribution >= 4 is 0 Å². The highest BCUT2D eigenvalue weighted by molar-refractivity contribution is 5.07. The second-order valence-electron chi connectivity index (χ2n) is 4.75. The van der Waals surface area contributed by atoms with Gasteiger partial charge in [0.25, 0.3) is 0 Å². The van der Waals surface area contributed by atoms with Crippen LogP contribution in [0, 0.1) is 17.8 Å².